The highest BCUT2D eigenvalue weighted by Crippen LogP contribution is 2.39. The van der Waals surface area contributed by atoms with Gasteiger partial charge < -0.3 is 26.6 Å². The molecule has 12 heteroatoms. The minimum atomic E-state index is -0.426. The summed E-state index contributed by atoms with van der Waals surface area (Å²) < 4.78 is 21.5. The van der Waals surface area contributed by atoms with Crippen LogP contribution >= 0.6 is 11.6 Å². The second-order valence-electron chi connectivity index (χ2n) is 14.6. The van der Waals surface area contributed by atoms with E-state index in [9.17, 15) is 4.79 Å². The molecule has 10 nitrogen and oxygen atoms in total. The van der Waals surface area contributed by atoms with Crippen molar-refractivity contribution in [2.75, 3.05) is 26.4 Å². The number of ether oxygens (including phenoxy) is 3. The number of aryl methyl sites for hydroxylation is 4. The molecule has 308 valence electrons. The number of aromatic nitrogens is 6. The Balaban J connectivity index is 0.00000720. The number of halogens is 2. The lowest BCUT2D eigenvalue weighted by Crippen LogP contribution is -3.00. The summed E-state index contributed by atoms with van der Waals surface area (Å²) in [5.74, 6) is -0.0697. The maximum Gasteiger partial charge on any atom is 0.308 e. The van der Waals surface area contributed by atoms with Crippen molar-refractivity contribution in [3.05, 3.63) is 95.8 Å². The molecule has 0 atom stereocenters. The fourth-order valence-corrected chi connectivity index (χ4v) is 7.17. The molecule has 0 aliphatic heterocycles. The quantitative estimate of drug-likeness (QED) is 0.0237. The van der Waals surface area contributed by atoms with Gasteiger partial charge in [-0.25, -0.2) is 4.57 Å². The highest BCUT2D eigenvalue weighted by Gasteiger charge is 2.19. The first kappa shape index (κ1) is 45.7. The van der Waals surface area contributed by atoms with Gasteiger partial charge in [-0.3, -0.25) is 19.4 Å². The summed E-state index contributed by atoms with van der Waals surface area (Å²) in [5.41, 5.74) is 4.40. The number of pyridine rings is 3. The predicted octanol–water partition coefficient (Wildman–Crippen LogP) is 6.74. The Morgan fingerprint density at radius 1 is 0.772 bits per heavy atom. The molecule has 0 amide bonds. The highest BCUT2D eigenvalue weighted by molar-refractivity contribution is 6.36. The largest absolute Gasteiger partial charge is 1.00 e. The molecule has 0 aliphatic carbocycles. The van der Waals surface area contributed by atoms with Gasteiger partial charge in [-0.05, 0) is 80.8 Å². The molecule has 1 aromatic carbocycles. The average Bonchev–Trinajstić information content (AvgIpc) is 3.69. The Hall–Kier alpha value is -3.96. The molecule has 0 N–H and O–H groups in total. The molecule has 0 unspecified atom stereocenters. The zero-order chi connectivity index (χ0) is 39.0. The molecule has 4 heterocycles. The van der Waals surface area contributed by atoms with Gasteiger partial charge in [0.1, 0.15) is 17.8 Å². The lowest BCUT2D eigenvalue weighted by atomic mass is 10.1. The third-order valence-corrected chi connectivity index (χ3v) is 10.2. The number of benzene rings is 1. The van der Waals surface area contributed by atoms with Gasteiger partial charge in [-0.15, -0.1) is 5.10 Å². The molecule has 0 saturated carbocycles. The van der Waals surface area contributed by atoms with Crippen LogP contribution in [-0.4, -0.2) is 57.4 Å². The Morgan fingerprint density at radius 3 is 2.14 bits per heavy atom. The molecular weight excluding hydrogens is 759 g/mol. The first-order chi connectivity index (χ1) is 27.6. The molecule has 0 spiro atoms. The first-order valence-corrected chi connectivity index (χ1v) is 21.1. The number of rotatable bonds is 28. The lowest BCUT2D eigenvalue weighted by molar-refractivity contribution is -0.697. The third kappa shape index (κ3) is 16.8. The predicted molar refractivity (Wildman–Crippen MR) is 222 cm³/mol. The summed E-state index contributed by atoms with van der Waals surface area (Å²) in [6.07, 6.45) is 30.4. The number of unbranched alkanes of at least 4 members (excludes halogenated alkanes) is 10. The third-order valence-electron chi connectivity index (χ3n) is 9.89. The monoisotopic (exact) mass is 818 g/mol. The average molecular weight is 820 g/mol. The second kappa shape index (κ2) is 26.9. The van der Waals surface area contributed by atoms with Gasteiger partial charge in [-0.2, -0.15) is 0 Å². The summed E-state index contributed by atoms with van der Waals surface area (Å²) in [5, 5.41) is 9.91. The summed E-state index contributed by atoms with van der Waals surface area (Å²) in [7, 11) is 0. The van der Waals surface area contributed by atoms with Gasteiger partial charge in [0.2, 0.25) is 0 Å². The number of hydrogen-bond donors (Lipinski definition) is 0. The number of esters is 1. The topological polar surface area (TPSA) is 105 Å². The van der Waals surface area contributed by atoms with Crippen LogP contribution in [0.5, 0.6) is 5.75 Å². The van der Waals surface area contributed by atoms with Gasteiger partial charge in [0.15, 0.2) is 18.1 Å². The molecule has 0 bridgehead atoms. The molecule has 0 fully saturated rings. The van der Waals surface area contributed by atoms with E-state index in [4.69, 9.17) is 25.8 Å². The van der Waals surface area contributed by atoms with Crippen LogP contribution in [0.25, 0.3) is 22.2 Å². The van der Waals surface area contributed by atoms with E-state index < -0.39 is 5.97 Å². The molecule has 5 rings (SSSR count). The van der Waals surface area contributed by atoms with Gasteiger partial charge in [0.25, 0.3) is 0 Å². The molecule has 5 aromatic rings. The van der Waals surface area contributed by atoms with Crippen molar-refractivity contribution < 1.29 is 36.0 Å². The minimum absolute atomic E-state index is 0. The SMILES string of the molecule is CC(=O)Oc1c(-c2cn(CCCCCCCCCCCCOCCCc3ccc[n+](CCCCOCCCc4cccnc4)c3)nn2)cc(Cl)c2cccnc12.[Cl-]. The number of fused-ring (bicyclic) bond motifs is 1. The molecule has 0 aliphatic rings. The Bertz CT molecular complexity index is 1880. The summed E-state index contributed by atoms with van der Waals surface area (Å²) in [6.45, 7) is 6.53. The number of nitrogens with zero attached hydrogens (tertiary/aromatic N) is 6. The van der Waals surface area contributed by atoms with Crippen LogP contribution < -0.4 is 21.7 Å². The van der Waals surface area contributed by atoms with E-state index in [1.165, 1.54) is 63.0 Å². The van der Waals surface area contributed by atoms with E-state index in [0.717, 1.165) is 103 Å². The smallest absolute Gasteiger partial charge is 0.308 e. The fourth-order valence-electron chi connectivity index (χ4n) is 6.91. The highest BCUT2D eigenvalue weighted by atomic mass is 35.5. The van der Waals surface area contributed by atoms with Gasteiger partial charge >= 0.3 is 5.97 Å². The van der Waals surface area contributed by atoms with Crippen LogP contribution in [0.15, 0.2) is 79.6 Å². The van der Waals surface area contributed by atoms with E-state index in [1.54, 1.807) is 18.3 Å². The zero-order valence-corrected chi connectivity index (χ0v) is 35.1. The molecule has 0 radical (unpaired) electrons. The summed E-state index contributed by atoms with van der Waals surface area (Å²) in [6, 6.07) is 13.9. The minimum Gasteiger partial charge on any atom is -1.00 e. The van der Waals surface area contributed by atoms with Crippen molar-refractivity contribution in [1.82, 2.24) is 25.0 Å². The lowest BCUT2D eigenvalue weighted by Gasteiger charge is -2.11. The van der Waals surface area contributed by atoms with E-state index in [-0.39, 0.29) is 12.4 Å². The Morgan fingerprint density at radius 2 is 1.42 bits per heavy atom. The number of carbonyl (C=O) groups excluding carboxylic acids is 1. The van der Waals surface area contributed by atoms with Crippen molar-refractivity contribution in [3.63, 3.8) is 0 Å². The maximum absolute atomic E-state index is 11.9. The van der Waals surface area contributed by atoms with Crippen LogP contribution in [0.4, 0.5) is 0 Å². The maximum atomic E-state index is 11.9. The number of carbonyl (C=O) groups is 1. The van der Waals surface area contributed by atoms with Crippen LogP contribution in [-0.2, 0) is 40.2 Å². The Kier molecular flexibility index (Phi) is 21.6. The van der Waals surface area contributed by atoms with Crippen molar-refractivity contribution >= 4 is 28.5 Å². The molecule has 57 heavy (non-hydrogen) atoms. The summed E-state index contributed by atoms with van der Waals surface area (Å²) >= 11 is 6.54. The van der Waals surface area contributed by atoms with Gasteiger partial charge in [0.05, 0.1) is 16.8 Å². The van der Waals surface area contributed by atoms with Crippen molar-refractivity contribution in [1.29, 1.82) is 0 Å². The van der Waals surface area contributed by atoms with Crippen LogP contribution in [0.1, 0.15) is 108 Å². The normalized spacial score (nSPS) is 11.2. The van der Waals surface area contributed by atoms with Crippen molar-refractivity contribution in [3.8, 4) is 17.0 Å². The van der Waals surface area contributed by atoms with Gasteiger partial charge in [-0.1, -0.05) is 74.2 Å². The van der Waals surface area contributed by atoms with Crippen LogP contribution in [0.3, 0.4) is 0 Å². The van der Waals surface area contributed by atoms with E-state index in [0.29, 0.717) is 27.5 Å². The molecular formula is C45H60Cl2N6O4. The molecule has 0 saturated heterocycles. The molecule has 4 aromatic heterocycles. The standard InChI is InChI=1S/C45H60ClN6O4.ClH/c1-37(53)56-45-41(33-42(46)40-23-15-25-48-44(40)45)43-36-52(50-49-43)28-10-8-6-4-2-3-5-7-9-12-29-54-32-18-22-39-20-16-27-51(35-39)26-11-13-30-55-31-17-21-38-19-14-24-47-34-38;/h14-16,19-20,23-25,27,33-36H,2-13,17-18,21-22,26,28-32H2,1H3;1H/q+1;/p-1. The summed E-state index contributed by atoms with van der Waals surface area (Å²) in [4.78, 5) is 20.4. The van der Waals surface area contributed by atoms with Crippen molar-refractivity contribution in [2.24, 2.45) is 0 Å². The van der Waals surface area contributed by atoms with E-state index in [2.05, 4.69) is 55.4 Å². The Labute approximate surface area is 350 Å². The number of hydrogen-bond acceptors (Lipinski definition) is 8. The first-order valence-electron chi connectivity index (χ1n) is 20.8. The fraction of sp³-hybridized carbons (Fsp3) is 0.511. The van der Waals surface area contributed by atoms with E-state index >= 15 is 0 Å². The van der Waals surface area contributed by atoms with Crippen LogP contribution in [0, 0.1) is 0 Å². The van der Waals surface area contributed by atoms with Gasteiger partial charge in [0, 0.05) is 81.9 Å². The van der Waals surface area contributed by atoms with Crippen molar-refractivity contribution in [2.45, 2.75) is 123 Å². The zero-order valence-electron chi connectivity index (χ0n) is 33.6. The second-order valence-corrected chi connectivity index (χ2v) is 15.0. The van der Waals surface area contributed by atoms with E-state index in [1.807, 2.05) is 35.4 Å². The van der Waals surface area contributed by atoms with Crippen LogP contribution in [0.2, 0.25) is 5.02 Å².